The SMILES string of the molecule is [CH2]c1cc(OC(F)(F)F)ccc1C1CC1. The molecule has 0 atom stereocenters. The number of halogens is 3. The van der Waals surface area contributed by atoms with Crippen LogP contribution in [0.2, 0.25) is 0 Å². The van der Waals surface area contributed by atoms with Crippen LogP contribution in [-0.4, -0.2) is 6.36 Å². The molecule has 0 unspecified atom stereocenters. The van der Waals surface area contributed by atoms with Gasteiger partial charge in [0.1, 0.15) is 5.75 Å². The molecule has 0 saturated heterocycles. The number of alkyl halides is 3. The van der Waals surface area contributed by atoms with Crippen LogP contribution >= 0.6 is 0 Å². The lowest BCUT2D eigenvalue weighted by Gasteiger charge is -2.11. The summed E-state index contributed by atoms with van der Waals surface area (Å²) in [6.07, 6.45) is -2.43. The van der Waals surface area contributed by atoms with Crippen LogP contribution in [0.3, 0.4) is 0 Å². The second-order valence-electron chi connectivity index (χ2n) is 3.68. The normalized spacial score (nSPS) is 16.5. The molecule has 81 valence electrons. The first-order chi connectivity index (χ1) is 6.96. The Morgan fingerprint density at radius 1 is 1.27 bits per heavy atom. The van der Waals surface area contributed by atoms with Gasteiger partial charge in [0, 0.05) is 0 Å². The van der Waals surface area contributed by atoms with E-state index in [1.807, 2.05) is 0 Å². The van der Waals surface area contributed by atoms with Crippen LogP contribution in [0.15, 0.2) is 18.2 Å². The molecule has 0 heterocycles. The molecule has 15 heavy (non-hydrogen) atoms. The first kappa shape index (κ1) is 10.3. The van der Waals surface area contributed by atoms with Crippen LogP contribution in [0.4, 0.5) is 13.2 Å². The number of hydrogen-bond donors (Lipinski definition) is 0. The van der Waals surface area contributed by atoms with Crippen molar-refractivity contribution in [3.63, 3.8) is 0 Å². The predicted molar refractivity (Wildman–Crippen MR) is 49.6 cm³/mol. The molecule has 0 aliphatic heterocycles. The average Bonchev–Trinajstić information content (AvgIpc) is 2.84. The Balaban J connectivity index is 2.17. The number of benzene rings is 1. The van der Waals surface area contributed by atoms with Gasteiger partial charge in [0.2, 0.25) is 0 Å². The molecule has 4 heteroatoms. The van der Waals surface area contributed by atoms with Crippen molar-refractivity contribution in [2.24, 2.45) is 0 Å². The minimum Gasteiger partial charge on any atom is -0.406 e. The number of rotatable bonds is 2. The smallest absolute Gasteiger partial charge is 0.406 e. The molecule has 0 aromatic heterocycles. The van der Waals surface area contributed by atoms with E-state index in [4.69, 9.17) is 0 Å². The molecule has 0 N–H and O–H groups in total. The van der Waals surface area contributed by atoms with Crippen LogP contribution < -0.4 is 4.74 Å². The van der Waals surface area contributed by atoms with Gasteiger partial charge in [-0.1, -0.05) is 6.07 Å². The summed E-state index contributed by atoms with van der Waals surface area (Å²) < 4.78 is 39.5. The van der Waals surface area contributed by atoms with Gasteiger partial charge >= 0.3 is 6.36 Å². The molecule has 1 saturated carbocycles. The zero-order valence-electron chi connectivity index (χ0n) is 7.97. The zero-order chi connectivity index (χ0) is 11.1. The van der Waals surface area contributed by atoms with Gasteiger partial charge in [-0.15, -0.1) is 13.2 Å². The molecule has 2 rings (SSSR count). The average molecular weight is 215 g/mol. The van der Waals surface area contributed by atoms with Crippen molar-refractivity contribution in [2.45, 2.75) is 25.1 Å². The van der Waals surface area contributed by atoms with E-state index in [1.165, 1.54) is 12.1 Å². The van der Waals surface area contributed by atoms with E-state index in [9.17, 15) is 13.2 Å². The fourth-order valence-corrected chi connectivity index (χ4v) is 1.57. The third kappa shape index (κ3) is 2.64. The summed E-state index contributed by atoms with van der Waals surface area (Å²) in [4.78, 5) is 0. The highest BCUT2D eigenvalue weighted by molar-refractivity contribution is 5.41. The second kappa shape index (κ2) is 3.43. The minimum absolute atomic E-state index is 0.197. The molecule has 1 fully saturated rings. The summed E-state index contributed by atoms with van der Waals surface area (Å²) in [5.41, 5.74) is 1.66. The van der Waals surface area contributed by atoms with E-state index in [2.05, 4.69) is 11.7 Å². The van der Waals surface area contributed by atoms with E-state index < -0.39 is 6.36 Å². The fourth-order valence-electron chi connectivity index (χ4n) is 1.57. The van der Waals surface area contributed by atoms with Crippen LogP contribution in [0.1, 0.15) is 29.9 Å². The molecule has 1 aliphatic rings. The molecule has 1 aromatic carbocycles. The maximum Gasteiger partial charge on any atom is 0.573 e. The third-order valence-electron chi connectivity index (χ3n) is 2.37. The number of ether oxygens (including phenoxy) is 1. The van der Waals surface area contributed by atoms with Crippen molar-refractivity contribution in [1.82, 2.24) is 0 Å². The van der Waals surface area contributed by atoms with Crippen molar-refractivity contribution in [2.75, 3.05) is 0 Å². The van der Waals surface area contributed by atoms with E-state index in [-0.39, 0.29) is 5.75 Å². The first-order valence-electron chi connectivity index (χ1n) is 4.67. The maximum atomic E-state index is 11.9. The van der Waals surface area contributed by atoms with Crippen molar-refractivity contribution in [3.05, 3.63) is 36.2 Å². The summed E-state index contributed by atoms with van der Waals surface area (Å²) in [5, 5.41) is 0. The van der Waals surface area contributed by atoms with E-state index in [0.29, 0.717) is 11.5 Å². The van der Waals surface area contributed by atoms with Crippen LogP contribution in [0, 0.1) is 6.92 Å². The quantitative estimate of drug-likeness (QED) is 0.731. The summed E-state index contributed by atoms with van der Waals surface area (Å²) >= 11 is 0. The Morgan fingerprint density at radius 2 is 1.93 bits per heavy atom. The van der Waals surface area contributed by atoms with E-state index in [0.717, 1.165) is 18.4 Å². The Kier molecular flexibility index (Phi) is 2.37. The van der Waals surface area contributed by atoms with E-state index in [1.54, 1.807) is 6.07 Å². The van der Waals surface area contributed by atoms with E-state index >= 15 is 0 Å². The largest absolute Gasteiger partial charge is 0.573 e. The van der Waals surface area contributed by atoms with Crippen molar-refractivity contribution >= 4 is 0 Å². The predicted octanol–water partition coefficient (Wildman–Crippen LogP) is 3.64. The monoisotopic (exact) mass is 215 g/mol. The first-order valence-corrected chi connectivity index (χ1v) is 4.67. The van der Waals surface area contributed by atoms with Gasteiger partial charge in [0.15, 0.2) is 0 Å². The summed E-state index contributed by atoms with van der Waals surface area (Å²) in [6.45, 7) is 3.73. The van der Waals surface area contributed by atoms with Crippen molar-refractivity contribution < 1.29 is 17.9 Å². The van der Waals surface area contributed by atoms with Gasteiger partial charge in [0.25, 0.3) is 0 Å². The Labute approximate surface area is 85.9 Å². The van der Waals surface area contributed by atoms with Gasteiger partial charge in [-0.05, 0) is 48.9 Å². The lowest BCUT2D eigenvalue weighted by Crippen LogP contribution is -2.17. The fraction of sp³-hybridized carbons (Fsp3) is 0.364. The lowest BCUT2D eigenvalue weighted by atomic mass is 10.0. The van der Waals surface area contributed by atoms with Gasteiger partial charge < -0.3 is 4.74 Å². The molecule has 1 aromatic rings. The van der Waals surface area contributed by atoms with Crippen molar-refractivity contribution in [1.29, 1.82) is 0 Å². The minimum atomic E-state index is -4.63. The standard InChI is InChI=1S/C11H10F3O/c1-7-6-9(15-11(12,13)14)4-5-10(7)8-2-3-8/h4-6,8H,1-3H2. The molecule has 0 amide bonds. The van der Waals surface area contributed by atoms with Gasteiger partial charge in [0.05, 0.1) is 0 Å². The molecular weight excluding hydrogens is 205 g/mol. The van der Waals surface area contributed by atoms with Gasteiger partial charge in [-0.2, -0.15) is 0 Å². The van der Waals surface area contributed by atoms with Crippen molar-refractivity contribution in [3.8, 4) is 5.75 Å². The Bertz CT molecular complexity index is 367. The molecule has 1 aliphatic carbocycles. The number of hydrogen-bond acceptors (Lipinski definition) is 1. The van der Waals surface area contributed by atoms with Crippen LogP contribution in [0.5, 0.6) is 5.75 Å². The zero-order valence-corrected chi connectivity index (χ0v) is 7.97. The van der Waals surface area contributed by atoms with Gasteiger partial charge in [-0.25, -0.2) is 0 Å². The molecule has 1 nitrogen and oxygen atoms in total. The maximum absolute atomic E-state index is 11.9. The van der Waals surface area contributed by atoms with Gasteiger partial charge in [-0.3, -0.25) is 0 Å². The molecule has 0 bridgehead atoms. The molecular formula is C11H10F3O. The highest BCUT2D eigenvalue weighted by Gasteiger charge is 2.31. The lowest BCUT2D eigenvalue weighted by molar-refractivity contribution is -0.274. The van der Waals surface area contributed by atoms with Crippen LogP contribution in [-0.2, 0) is 0 Å². The Morgan fingerprint density at radius 3 is 2.40 bits per heavy atom. The van der Waals surface area contributed by atoms with Crippen LogP contribution in [0.25, 0.3) is 0 Å². The molecule has 1 radical (unpaired) electrons. The second-order valence-corrected chi connectivity index (χ2v) is 3.68. The highest BCUT2D eigenvalue weighted by Crippen LogP contribution is 2.42. The summed E-state index contributed by atoms with van der Waals surface area (Å²) in [6, 6.07) is 4.35. The Hall–Kier alpha value is -1.19. The third-order valence-corrected chi connectivity index (χ3v) is 2.37. The topological polar surface area (TPSA) is 9.23 Å². The summed E-state index contributed by atoms with van der Waals surface area (Å²) in [7, 11) is 0. The summed E-state index contributed by atoms with van der Waals surface area (Å²) in [5.74, 6) is 0.286. The highest BCUT2D eigenvalue weighted by atomic mass is 19.4. The molecule has 0 spiro atoms.